The van der Waals surface area contributed by atoms with E-state index in [1.54, 1.807) is 17.4 Å². The highest BCUT2D eigenvalue weighted by Crippen LogP contribution is 2.35. The van der Waals surface area contributed by atoms with Gasteiger partial charge < -0.3 is 15.5 Å². The van der Waals surface area contributed by atoms with Gasteiger partial charge in [-0.15, -0.1) is 11.3 Å². The summed E-state index contributed by atoms with van der Waals surface area (Å²) in [7, 11) is 0. The number of halogens is 1. The van der Waals surface area contributed by atoms with Gasteiger partial charge >= 0.3 is 0 Å². The molecule has 0 aromatic carbocycles. The molecule has 0 radical (unpaired) electrons. The van der Waals surface area contributed by atoms with Crippen molar-refractivity contribution < 1.29 is 4.42 Å². The Hall–Kier alpha value is -1.88. The minimum Gasteiger partial charge on any atom is -0.456 e. The number of anilines is 1. The summed E-state index contributed by atoms with van der Waals surface area (Å²) in [5, 5.41) is 14.6. The Bertz CT molecular complexity index is 864. The van der Waals surface area contributed by atoms with Crippen molar-refractivity contribution >= 4 is 44.1 Å². The maximum atomic E-state index is 9.21. The third-order valence-electron chi connectivity index (χ3n) is 3.31. The second kappa shape index (κ2) is 6.71. The zero-order chi connectivity index (χ0) is 16.4. The standard InChI is InChI=1S/C16H15BrN4OS/c1-9(19)5-13-14(17)15-16(22-13)12(6-10(7-18)21-15)20-8-11-3-2-4-23-11/h2-4,6,9H,5,8,19H2,1H3,(H,20,21)/t9-/m0/s1. The van der Waals surface area contributed by atoms with Crippen molar-refractivity contribution in [2.24, 2.45) is 5.73 Å². The van der Waals surface area contributed by atoms with Crippen LogP contribution in [0.4, 0.5) is 5.69 Å². The summed E-state index contributed by atoms with van der Waals surface area (Å²) < 4.78 is 6.72. The fraction of sp³-hybridized carbons (Fsp3) is 0.250. The van der Waals surface area contributed by atoms with E-state index in [1.807, 2.05) is 18.4 Å². The number of nitrogens with one attached hydrogen (secondary N) is 1. The zero-order valence-electron chi connectivity index (χ0n) is 12.5. The van der Waals surface area contributed by atoms with E-state index < -0.39 is 0 Å². The van der Waals surface area contributed by atoms with E-state index in [0.717, 1.165) is 15.9 Å². The number of aromatic nitrogens is 1. The average molecular weight is 391 g/mol. The van der Waals surface area contributed by atoms with Gasteiger partial charge in [-0.2, -0.15) is 5.26 Å². The Morgan fingerprint density at radius 1 is 1.57 bits per heavy atom. The largest absolute Gasteiger partial charge is 0.456 e. The van der Waals surface area contributed by atoms with Gasteiger partial charge in [0.15, 0.2) is 5.58 Å². The monoisotopic (exact) mass is 390 g/mol. The Balaban J connectivity index is 2.02. The molecule has 0 aliphatic heterocycles. The van der Waals surface area contributed by atoms with Crippen LogP contribution in [-0.2, 0) is 13.0 Å². The molecule has 7 heteroatoms. The predicted octanol–water partition coefficient (Wildman–Crippen LogP) is 4.03. The van der Waals surface area contributed by atoms with Gasteiger partial charge in [0.25, 0.3) is 0 Å². The van der Waals surface area contributed by atoms with Crippen molar-refractivity contribution in [3.8, 4) is 6.07 Å². The Morgan fingerprint density at radius 2 is 2.39 bits per heavy atom. The summed E-state index contributed by atoms with van der Waals surface area (Å²) in [6, 6.07) is 7.85. The van der Waals surface area contributed by atoms with Crippen molar-refractivity contribution in [1.82, 2.24) is 4.98 Å². The summed E-state index contributed by atoms with van der Waals surface area (Å²) in [5.41, 5.74) is 8.26. The number of pyridine rings is 1. The van der Waals surface area contributed by atoms with Crippen LogP contribution >= 0.6 is 27.3 Å². The van der Waals surface area contributed by atoms with Crippen LogP contribution in [0, 0.1) is 11.3 Å². The number of nitrogens with zero attached hydrogens (tertiary/aromatic N) is 2. The minimum absolute atomic E-state index is 0.0233. The van der Waals surface area contributed by atoms with E-state index >= 15 is 0 Å². The highest BCUT2D eigenvalue weighted by Gasteiger charge is 2.18. The highest BCUT2D eigenvalue weighted by atomic mass is 79.9. The van der Waals surface area contributed by atoms with E-state index in [4.69, 9.17) is 10.2 Å². The lowest BCUT2D eigenvalue weighted by Gasteiger charge is -2.06. The molecular weight excluding hydrogens is 376 g/mol. The Morgan fingerprint density at radius 3 is 3.04 bits per heavy atom. The summed E-state index contributed by atoms with van der Waals surface area (Å²) in [5.74, 6) is 0.747. The first-order chi connectivity index (χ1) is 11.1. The van der Waals surface area contributed by atoms with Gasteiger partial charge in [0.05, 0.1) is 10.2 Å². The molecule has 3 aromatic heterocycles. The van der Waals surface area contributed by atoms with Crippen molar-refractivity contribution in [2.45, 2.75) is 25.9 Å². The molecule has 0 saturated carbocycles. The number of furan rings is 1. The first-order valence-electron chi connectivity index (χ1n) is 7.12. The van der Waals surface area contributed by atoms with Crippen LogP contribution in [0.2, 0.25) is 0 Å². The molecule has 3 heterocycles. The molecule has 0 amide bonds. The maximum Gasteiger partial charge on any atom is 0.177 e. The molecule has 0 aliphatic rings. The second-order valence-corrected chi connectivity index (χ2v) is 7.12. The molecule has 0 spiro atoms. The average Bonchev–Trinajstić information content (AvgIpc) is 3.14. The Labute approximate surface area is 146 Å². The van der Waals surface area contributed by atoms with Crippen LogP contribution in [0.5, 0.6) is 0 Å². The first kappa shape index (κ1) is 16.0. The third kappa shape index (κ3) is 3.39. The normalized spacial score (nSPS) is 12.3. The quantitative estimate of drug-likeness (QED) is 0.686. The molecule has 3 aromatic rings. The second-order valence-electron chi connectivity index (χ2n) is 5.30. The number of thiophene rings is 1. The van der Waals surface area contributed by atoms with Crippen molar-refractivity contribution in [3.05, 3.63) is 44.4 Å². The fourth-order valence-corrected chi connectivity index (χ4v) is 3.45. The number of nitriles is 1. The fourth-order valence-electron chi connectivity index (χ4n) is 2.29. The summed E-state index contributed by atoms with van der Waals surface area (Å²) in [6.45, 7) is 2.59. The summed E-state index contributed by atoms with van der Waals surface area (Å²) in [4.78, 5) is 5.55. The van der Waals surface area contributed by atoms with Crippen LogP contribution < -0.4 is 11.1 Å². The van der Waals surface area contributed by atoms with Gasteiger partial charge in [0.2, 0.25) is 0 Å². The summed E-state index contributed by atoms with van der Waals surface area (Å²) >= 11 is 5.20. The Kier molecular flexibility index (Phi) is 4.66. The molecule has 0 bridgehead atoms. The molecule has 3 rings (SSSR count). The van der Waals surface area contributed by atoms with Crippen LogP contribution in [0.25, 0.3) is 11.1 Å². The van der Waals surface area contributed by atoms with Crippen LogP contribution in [0.15, 0.2) is 32.5 Å². The number of rotatable bonds is 5. The maximum absolute atomic E-state index is 9.21. The zero-order valence-corrected chi connectivity index (χ0v) is 14.9. The third-order valence-corrected chi connectivity index (χ3v) is 5.00. The first-order valence-corrected chi connectivity index (χ1v) is 8.79. The molecule has 0 aliphatic carbocycles. The number of fused-ring (bicyclic) bond motifs is 1. The highest BCUT2D eigenvalue weighted by molar-refractivity contribution is 9.10. The van der Waals surface area contributed by atoms with Gasteiger partial charge in [0, 0.05) is 30.0 Å². The smallest absolute Gasteiger partial charge is 0.177 e. The topological polar surface area (TPSA) is 87.9 Å². The molecule has 23 heavy (non-hydrogen) atoms. The van der Waals surface area contributed by atoms with E-state index in [2.05, 4.69) is 38.4 Å². The van der Waals surface area contributed by atoms with Crippen LogP contribution in [-0.4, -0.2) is 11.0 Å². The number of hydrogen-bond acceptors (Lipinski definition) is 6. The van der Waals surface area contributed by atoms with Crippen molar-refractivity contribution in [3.63, 3.8) is 0 Å². The lowest BCUT2D eigenvalue weighted by Crippen LogP contribution is -2.17. The van der Waals surface area contributed by atoms with E-state index in [-0.39, 0.29) is 6.04 Å². The molecule has 3 N–H and O–H groups in total. The lowest BCUT2D eigenvalue weighted by molar-refractivity contribution is 0.523. The van der Waals surface area contributed by atoms with Gasteiger partial charge in [-0.05, 0) is 34.3 Å². The SMILES string of the molecule is C[C@H](N)Cc1oc2c(NCc3cccs3)cc(C#N)nc2c1Br. The molecule has 0 saturated heterocycles. The number of nitrogens with two attached hydrogens (primary N) is 1. The van der Waals surface area contributed by atoms with E-state index in [1.165, 1.54) is 4.88 Å². The predicted molar refractivity (Wildman–Crippen MR) is 95.4 cm³/mol. The van der Waals surface area contributed by atoms with Gasteiger partial charge in [-0.1, -0.05) is 6.07 Å². The van der Waals surface area contributed by atoms with Gasteiger partial charge in [0.1, 0.15) is 23.0 Å². The van der Waals surface area contributed by atoms with Gasteiger partial charge in [-0.25, -0.2) is 4.98 Å². The molecular formula is C16H15BrN4OS. The molecule has 1 atom stereocenters. The molecule has 0 fully saturated rings. The van der Waals surface area contributed by atoms with E-state index in [9.17, 15) is 5.26 Å². The van der Waals surface area contributed by atoms with Crippen molar-refractivity contribution in [2.75, 3.05) is 5.32 Å². The van der Waals surface area contributed by atoms with Crippen LogP contribution in [0.1, 0.15) is 23.3 Å². The molecule has 0 unspecified atom stereocenters. The van der Waals surface area contributed by atoms with Crippen molar-refractivity contribution in [1.29, 1.82) is 5.26 Å². The molecule has 5 nitrogen and oxygen atoms in total. The van der Waals surface area contributed by atoms with E-state index in [0.29, 0.717) is 29.8 Å². The number of hydrogen-bond donors (Lipinski definition) is 2. The van der Waals surface area contributed by atoms with Crippen LogP contribution in [0.3, 0.4) is 0 Å². The lowest BCUT2D eigenvalue weighted by atomic mass is 10.2. The van der Waals surface area contributed by atoms with Gasteiger partial charge in [-0.3, -0.25) is 0 Å². The molecule has 118 valence electrons. The summed E-state index contributed by atoms with van der Waals surface area (Å²) in [6.07, 6.45) is 0.600. The minimum atomic E-state index is -0.0233.